The Morgan fingerprint density at radius 3 is 1.07 bits per heavy atom. The number of hydrogen-bond acceptors (Lipinski definition) is 4. The summed E-state index contributed by atoms with van der Waals surface area (Å²) in [6.45, 7) is 14.7. The highest BCUT2D eigenvalue weighted by atomic mass is 16.3. The molecule has 0 amide bonds. The van der Waals surface area contributed by atoms with Crippen molar-refractivity contribution in [2.45, 2.75) is 67.6 Å². The third-order valence-corrected chi connectivity index (χ3v) is 7.34. The highest BCUT2D eigenvalue weighted by Gasteiger charge is 2.56. The van der Waals surface area contributed by atoms with Gasteiger partial charge in [0.05, 0.1) is 23.0 Å². The van der Waals surface area contributed by atoms with Crippen LogP contribution in [0.15, 0.2) is 35.4 Å². The van der Waals surface area contributed by atoms with Gasteiger partial charge in [-0.2, -0.15) is 0 Å². The normalized spacial score (nSPS) is 31.7. The number of carbonyl (C=O) groups excluding carboxylic acids is 2. The number of hydrogen-bond donors (Lipinski definition) is 2. The summed E-state index contributed by atoms with van der Waals surface area (Å²) in [7, 11) is 0. The van der Waals surface area contributed by atoms with Gasteiger partial charge in [-0.1, -0.05) is 79.7 Å². The molecule has 0 bridgehead atoms. The molecule has 2 aliphatic carbocycles. The van der Waals surface area contributed by atoms with Crippen LogP contribution in [0.4, 0.5) is 0 Å². The first kappa shape index (κ1) is 22.6. The molecular weight excluding hydrogens is 376 g/mol. The van der Waals surface area contributed by atoms with Crippen LogP contribution in [0, 0.1) is 21.7 Å². The Morgan fingerprint density at radius 2 is 0.867 bits per heavy atom. The van der Waals surface area contributed by atoms with Crippen LogP contribution in [-0.4, -0.2) is 34.0 Å². The van der Waals surface area contributed by atoms with Crippen LogP contribution < -0.4 is 0 Å². The average molecular weight is 411 g/mol. The molecule has 3 rings (SSSR count). The lowest BCUT2D eigenvalue weighted by molar-refractivity contribution is -0.125. The molecular formula is C26H34O4. The van der Waals surface area contributed by atoms with Crippen molar-refractivity contribution >= 4 is 23.7 Å². The first-order valence-electron chi connectivity index (χ1n) is 10.6. The molecule has 2 fully saturated rings. The summed E-state index contributed by atoms with van der Waals surface area (Å²) in [5, 5.41) is 21.2. The Hall–Kier alpha value is -2.04. The highest BCUT2D eigenvalue weighted by Crippen LogP contribution is 2.51. The van der Waals surface area contributed by atoms with Gasteiger partial charge in [0.25, 0.3) is 0 Å². The van der Waals surface area contributed by atoms with Crippen LogP contribution in [-0.2, 0) is 9.59 Å². The minimum atomic E-state index is -0.804. The zero-order valence-electron chi connectivity index (χ0n) is 19.3. The summed E-state index contributed by atoms with van der Waals surface area (Å²) in [6.07, 6.45) is 2.24. The molecule has 2 atom stereocenters. The van der Waals surface area contributed by atoms with Gasteiger partial charge in [-0.05, 0) is 23.3 Å². The number of aliphatic hydroxyl groups excluding tert-OH is 2. The van der Waals surface area contributed by atoms with Gasteiger partial charge in [0, 0.05) is 22.0 Å². The molecule has 2 aliphatic rings. The number of aliphatic hydroxyl groups is 2. The van der Waals surface area contributed by atoms with Gasteiger partial charge in [-0.15, -0.1) is 0 Å². The number of Topliss-reactive ketones (excluding diaryl/α,β-unsaturated/α-hetero) is 2. The monoisotopic (exact) mass is 410 g/mol. The Kier molecular flexibility index (Phi) is 5.08. The molecule has 2 unspecified atom stereocenters. The van der Waals surface area contributed by atoms with Crippen molar-refractivity contribution in [3.05, 3.63) is 46.5 Å². The molecule has 0 spiro atoms. The van der Waals surface area contributed by atoms with E-state index in [1.165, 1.54) is 0 Å². The molecule has 30 heavy (non-hydrogen) atoms. The van der Waals surface area contributed by atoms with Crippen LogP contribution in [0.1, 0.15) is 66.5 Å². The number of rotatable bonds is 2. The van der Waals surface area contributed by atoms with Crippen LogP contribution in [0.3, 0.4) is 0 Å². The van der Waals surface area contributed by atoms with Gasteiger partial charge >= 0.3 is 0 Å². The lowest BCUT2D eigenvalue weighted by Crippen LogP contribution is -2.35. The standard InChI is InChI=1S/C26H34O4/c1-23(2)17(19(27)25(5,6)21(23)29)13-15-9-11-16(12-10-15)14-18-20(28)26(7,8)22(30)24(18,3)4/h9-14,21-22,29-30H,1-8H3. The Labute approximate surface area is 179 Å². The lowest BCUT2D eigenvalue weighted by Gasteiger charge is -2.28. The van der Waals surface area contributed by atoms with E-state index in [0.717, 1.165) is 11.1 Å². The molecule has 0 saturated heterocycles. The zero-order valence-corrected chi connectivity index (χ0v) is 19.3. The molecule has 0 aliphatic heterocycles. The molecule has 4 nitrogen and oxygen atoms in total. The number of carbonyl (C=O) groups is 2. The molecule has 162 valence electrons. The third kappa shape index (κ3) is 3.12. The zero-order chi connectivity index (χ0) is 22.9. The van der Waals surface area contributed by atoms with Gasteiger partial charge in [0.15, 0.2) is 11.6 Å². The molecule has 1 aromatic rings. The first-order chi connectivity index (χ1) is 13.6. The van der Waals surface area contributed by atoms with Crippen molar-refractivity contribution < 1.29 is 19.8 Å². The van der Waals surface area contributed by atoms with Gasteiger partial charge in [0.1, 0.15) is 0 Å². The van der Waals surface area contributed by atoms with Crippen LogP contribution in [0.5, 0.6) is 0 Å². The van der Waals surface area contributed by atoms with Crippen molar-refractivity contribution in [3.63, 3.8) is 0 Å². The summed E-state index contributed by atoms with van der Waals surface area (Å²) in [5.74, 6) is -0.0542. The molecule has 0 radical (unpaired) electrons. The van der Waals surface area contributed by atoms with Gasteiger partial charge < -0.3 is 10.2 Å². The van der Waals surface area contributed by atoms with E-state index >= 15 is 0 Å². The summed E-state index contributed by atoms with van der Waals surface area (Å²) in [5.41, 5.74) is 0.147. The largest absolute Gasteiger partial charge is 0.391 e. The van der Waals surface area contributed by atoms with E-state index in [-0.39, 0.29) is 11.6 Å². The van der Waals surface area contributed by atoms with Crippen molar-refractivity contribution in [3.8, 4) is 0 Å². The van der Waals surface area contributed by atoms with E-state index in [1.54, 1.807) is 27.7 Å². The van der Waals surface area contributed by atoms with Gasteiger partial charge in [-0.3, -0.25) is 9.59 Å². The van der Waals surface area contributed by atoms with Crippen LogP contribution in [0.25, 0.3) is 12.2 Å². The topological polar surface area (TPSA) is 74.6 Å². The summed E-state index contributed by atoms with van der Waals surface area (Å²) < 4.78 is 0. The minimum absolute atomic E-state index is 0.0271. The Morgan fingerprint density at radius 1 is 0.600 bits per heavy atom. The van der Waals surface area contributed by atoms with Crippen molar-refractivity contribution in [1.82, 2.24) is 0 Å². The first-order valence-corrected chi connectivity index (χ1v) is 10.6. The fourth-order valence-electron chi connectivity index (χ4n) is 5.15. The Bertz CT molecular complexity index is 876. The van der Waals surface area contributed by atoms with E-state index in [2.05, 4.69) is 0 Å². The number of ketones is 2. The van der Waals surface area contributed by atoms with Gasteiger partial charge in [-0.25, -0.2) is 0 Å². The highest BCUT2D eigenvalue weighted by molar-refractivity contribution is 6.08. The molecule has 1 aromatic carbocycles. The second-order valence-electron chi connectivity index (χ2n) is 11.1. The maximum atomic E-state index is 12.9. The quantitative estimate of drug-likeness (QED) is 0.707. The maximum Gasteiger partial charge on any atom is 0.167 e. The Balaban J connectivity index is 1.95. The minimum Gasteiger partial charge on any atom is -0.391 e. The van der Waals surface area contributed by atoms with Crippen molar-refractivity contribution in [2.24, 2.45) is 21.7 Å². The maximum absolute atomic E-state index is 12.9. The van der Waals surface area contributed by atoms with E-state index in [1.807, 2.05) is 64.1 Å². The second kappa shape index (κ2) is 6.73. The third-order valence-electron chi connectivity index (χ3n) is 7.34. The van der Waals surface area contributed by atoms with Crippen LogP contribution in [0.2, 0.25) is 0 Å². The van der Waals surface area contributed by atoms with E-state index in [0.29, 0.717) is 11.1 Å². The lowest BCUT2D eigenvalue weighted by atomic mass is 9.80. The molecule has 4 heteroatoms. The van der Waals surface area contributed by atoms with Crippen molar-refractivity contribution in [2.75, 3.05) is 0 Å². The predicted molar refractivity (Wildman–Crippen MR) is 120 cm³/mol. The molecule has 0 heterocycles. The summed E-state index contributed by atoms with van der Waals surface area (Å²) in [4.78, 5) is 25.7. The van der Waals surface area contributed by atoms with Gasteiger partial charge in [0.2, 0.25) is 0 Å². The van der Waals surface area contributed by atoms with E-state index in [4.69, 9.17) is 0 Å². The second-order valence-corrected chi connectivity index (χ2v) is 11.1. The fraction of sp³-hybridized carbons (Fsp3) is 0.538. The fourth-order valence-corrected chi connectivity index (χ4v) is 5.15. The molecule has 2 N–H and O–H groups in total. The SMILES string of the molecule is CC1(C)C(=O)C(=Cc2ccc(C=C3C(=O)C(C)(C)C(O)C3(C)C)cc2)C(C)(C)C1O. The smallest absolute Gasteiger partial charge is 0.167 e. The van der Waals surface area contributed by atoms with Crippen molar-refractivity contribution in [1.29, 1.82) is 0 Å². The molecule has 2 saturated carbocycles. The average Bonchev–Trinajstić information content (AvgIpc) is 2.85. The summed E-state index contributed by atoms with van der Waals surface area (Å²) in [6, 6.07) is 7.64. The number of benzene rings is 1. The molecule has 0 aromatic heterocycles. The van der Waals surface area contributed by atoms with E-state index in [9.17, 15) is 19.8 Å². The summed E-state index contributed by atoms with van der Waals surface area (Å²) >= 11 is 0. The predicted octanol–water partition coefficient (Wildman–Crippen LogP) is 4.45. The van der Waals surface area contributed by atoms with Crippen LogP contribution >= 0.6 is 0 Å². The van der Waals surface area contributed by atoms with E-state index < -0.39 is 33.9 Å².